The van der Waals surface area contributed by atoms with E-state index in [4.69, 9.17) is 5.26 Å². The highest BCUT2D eigenvalue weighted by Crippen LogP contribution is 2.56. The van der Waals surface area contributed by atoms with Crippen molar-refractivity contribution >= 4 is 0 Å². The van der Waals surface area contributed by atoms with Gasteiger partial charge in [-0.05, 0) is 31.6 Å². The van der Waals surface area contributed by atoms with Crippen molar-refractivity contribution in [3.05, 3.63) is 0 Å². The number of nitriles is 1. The number of hydrogen-bond acceptors (Lipinski definition) is 1. The molecule has 0 spiro atoms. The maximum atomic E-state index is 8.87. The summed E-state index contributed by atoms with van der Waals surface area (Å²) < 4.78 is 0. The van der Waals surface area contributed by atoms with Gasteiger partial charge in [-0.2, -0.15) is 5.26 Å². The Morgan fingerprint density at radius 1 is 1.20 bits per heavy atom. The summed E-state index contributed by atoms with van der Waals surface area (Å²) in [5.74, 6) is 0.775. The lowest BCUT2D eigenvalue weighted by Gasteiger charge is -2.12. The zero-order chi connectivity index (χ0) is 7.03. The van der Waals surface area contributed by atoms with Crippen LogP contribution in [0.3, 0.4) is 0 Å². The van der Waals surface area contributed by atoms with E-state index in [1.807, 2.05) is 0 Å². The van der Waals surface area contributed by atoms with Gasteiger partial charge in [0.15, 0.2) is 0 Å². The molecule has 0 radical (unpaired) electrons. The van der Waals surface area contributed by atoms with Gasteiger partial charge in [0, 0.05) is 0 Å². The van der Waals surface area contributed by atoms with Crippen molar-refractivity contribution in [1.29, 1.82) is 5.26 Å². The van der Waals surface area contributed by atoms with Gasteiger partial charge in [0.1, 0.15) is 0 Å². The van der Waals surface area contributed by atoms with E-state index in [1.54, 1.807) is 0 Å². The predicted octanol–water partition coefficient (Wildman–Crippen LogP) is 2.48. The van der Waals surface area contributed by atoms with Crippen molar-refractivity contribution in [2.45, 2.75) is 38.5 Å². The van der Waals surface area contributed by atoms with Gasteiger partial charge in [0.05, 0.1) is 11.5 Å². The second kappa shape index (κ2) is 1.99. The Hall–Kier alpha value is -0.510. The molecule has 0 aromatic heterocycles. The summed E-state index contributed by atoms with van der Waals surface area (Å²) in [5.41, 5.74) is 0.177. The van der Waals surface area contributed by atoms with E-state index in [9.17, 15) is 0 Å². The van der Waals surface area contributed by atoms with Gasteiger partial charge in [0.2, 0.25) is 0 Å². The quantitative estimate of drug-likeness (QED) is 0.542. The van der Waals surface area contributed by atoms with E-state index in [2.05, 4.69) is 6.07 Å². The summed E-state index contributed by atoms with van der Waals surface area (Å²) in [6.07, 6.45) is 7.77. The molecule has 0 aromatic rings. The zero-order valence-corrected chi connectivity index (χ0v) is 6.27. The molecule has 0 N–H and O–H groups in total. The monoisotopic (exact) mass is 135 g/mol. The molecule has 0 aromatic carbocycles. The van der Waals surface area contributed by atoms with Gasteiger partial charge < -0.3 is 0 Å². The lowest BCUT2D eigenvalue weighted by Crippen LogP contribution is -2.09. The van der Waals surface area contributed by atoms with Crippen molar-refractivity contribution in [3.63, 3.8) is 0 Å². The van der Waals surface area contributed by atoms with Gasteiger partial charge in [-0.25, -0.2) is 0 Å². The third kappa shape index (κ3) is 0.751. The van der Waals surface area contributed by atoms with Crippen molar-refractivity contribution < 1.29 is 0 Å². The van der Waals surface area contributed by atoms with Crippen molar-refractivity contribution in [2.75, 3.05) is 0 Å². The first-order chi connectivity index (χ1) is 4.87. The molecule has 54 valence electrons. The van der Waals surface area contributed by atoms with Crippen LogP contribution in [0.15, 0.2) is 0 Å². The van der Waals surface area contributed by atoms with Gasteiger partial charge in [-0.15, -0.1) is 0 Å². The Labute approximate surface area is 62.0 Å². The van der Waals surface area contributed by atoms with Gasteiger partial charge in [-0.1, -0.05) is 12.8 Å². The minimum atomic E-state index is 0.177. The molecule has 0 amide bonds. The van der Waals surface area contributed by atoms with Gasteiger partial charge in [0.25, 0.3) is 0 Å². The molecule has 1 heteroatoms. The molecule has 0 saturated heterocycles. The third-order valence-electron chi connectivity index (χ3n) is 3.15. The van der Waals surface area contributed by atoms with Crippen LogP contribution in [0.1, 0.15) is 38.5 Å². The molecular weight excluding hydrogens is 122 g/mol. The predicted molar refractivity (Wildman–Crippen MR) is 39.2 cm³/mol. The van der Waals surface area contributed by atoms with Crippen LogP contribution in [0.2, 0.25) is 0 Å². The summed E-state index contributed by atoms with van der Waals surface area (Å²) in [7, 11) is 0. The van der Waals surface area contributed by atoms with E-state index >= 15 is 0 Å². The fourth-order valence-corrected chi connectivity index (χ4v) is 2.22. The number of hydrogen-bond donors (Lipinski definition) is 0. The average Bonchev–Trinajstić information content (AvgIpc) is 2.58. The topological polar surface area (TPSA) is 23.8 Å². The van der Waals surface area contributed by atoms with Gasteiger partial charge in [-0.3, -0.25) is 0 Å². The normalized spacial score (nSPS) is 29.9. The smallest absolute Gasteiger partial charge is 0.0692 e. The lowest BCUT2D eigenvalue weighted by atomic mass is 9.89. The fourth-order valence-electron chi connectivity index (χ4n) is 2.22. The highest BCUT2D eigenvalue weighted by Gasteiger charge is 2.50. The van der Waals surface area contributed by atoms with E-state index in [0.29, 0.717) is 0 Å². The second-order valence-corrected chi connectivity index (χ2v) is 3.75. The van der Waals surface area contributed by atoms with Crippen LogP contribution in [0.25, 0.3) is 0 Å². The Morgan fingerprint density at radius 2 is 1.80 bits per heavy atom. The van der Waals surface area contributed by atoms with E-state index in [1.165, 1.54) is 38.5 Å². The fraction of sp³-hybridized carbons (Fsp3) is 0.889. The SMILES string of the molecule is N#CC1(C2CCCC2)CC1. The second-order valence-electron chi connectivity index (χ2n) is 3.75. The maximum absolute atomic E-state index is 8.87. The van der Waals surface area contributed by atoms with Crippen molar-refractivity contribution in [1.82, 2.24) is 0 Å². The zero-order valence-electron chi connectivity index (χ0n) is 6.27. The Bertz CT molecular complexity index is 168. The summed E-state index contributed by atoms with van der Waals surface area (Å²) >= 11 is 0. The van der Waals surface area contributed by atoms with Crippen LogP contribution >= 0.6 is 0 Å². The minimum absolute atomic E-state index is 0.177. The van der Waals surface area contributed by atoms with Crippen LogP contribution < -0.4 is 0 Å². The molecule has 1 nitrogen and oxygen atoms in total. The Morgan fingerprint density at radius 3 is 2.20 bits per heavy atom. The molecule has 0 aliphatic heterocycles. The van der Waals surface area contributed by atoms with Crippen LogP contribution in [-0.2, 0) is 0 Å². The first kappa shape index (κ1) is 6.22. The molecule has 2 aliphatic carbocycles. The highest BCUT2D eigenvalue weighted by molar-refractivity contribution is 5.13. The molecular formula is C9H13N. The molecule has 10 heavy (non-hydrogen) atoms. The van der Waals surface area contributed by atoms with E-state index in [-0.39, 0.29) is 5.41 Å². The molecule has 0 unspecified atom stereocenters. The first-order valence-corrected chi connectivity index (χ1v) is 4.29. The van der Waals surface area contributed by atoms with Gasteiger partial charge >= 0.3 is 0 Å². The Balaban J connectivity index is 2.05. The average molecular weight is 135 g/mol. The summed E-state index contributed by atoms with van der Waals surface area (Å²) in [6, 6.07) is 2.49. The number of rotatable bonds is 1. The lowest BCUT2D eigenvalue weighted by molar-refractivity contribution is 0.395. The molecule has 2 saturated carbocycles. The summed E-state index contributed by atoms with van der Waals surface area (Å²) in [4.78, 5) is 0. The molecule has 0 atom stereocenters. The van der Waals surface area contributed by atoms with Crippen LogP contribution in [-0.4, -0.2) is 0 Å². The molecule has 2 rings (SSSR count). The standard InChI is InChI=1S/C9H13N/c10-7-9(5-6-9)8-3-1-2-4-8/h8H,1-6H2. The van der Waals surface area contributed by atoms with Crippen LogP contribution in [0.5, 0.6) is 0 Å². The van der Waals surface area contributed by atoms with E-state index in [0.717, 1.165) is 5.92 Å². The molecule has 2 aliphatic rings. The van der Waals surface area contributed by atoms with Crippen molar-refractivity contribution in [2.24, 2.45) is 11.3 Å². The third-order valence-corrected chi connectivity index (χ3v) is 3.15. The van der Waals surface area contributed by atoms with Crippen LogP contribution in [0, 0.1) is 22.7 Å². The van der Waals surface area contributed by atoms with E-state index < -0.39 is 0 Å². The summed E-state index contributed by atoms with van der Waals surface area (Å²) in [6.45, 7) is 0. The number of nitrogens with zero attached hydrogens (tertiary/aromatic N) is 1. The molecule has 0 heterocycles. The Kier molecular flexibility index (Phi) is 1.23. The largest absolute Gasteiger partial charge is 0.198 e. The maximum Gasteiger partial charge on any atom is 0.0692 e. The first-order valence-electron chi connectivity index (χ1n) is 4.29. The van der Waals surface area contributed by atoms with Crippen molar-refractivity contribution in [3.8, 4) is 6.07 Å². The highest BCUT2D eigenvalue weighted by atomic mass is 14.5. The van der Waals surface area contributed by atoms with Crippen LogP contribution in [0.4, 0.5) is 0 Å². The summed E-state index contributed by atoms with van der Waals surface area (Å²) in [5, 5.41) is 8.87. The molecule has 0 bridgehead atoms. The minimum Gasteiger partial charge on any atom is -0.198 e. The molecule has 2 fully saturated rings.